The molecule has 33 heavy (non-hydrogen) atoms. The molecule has 0 bridgehead atoms. The first-order chi connectivity index (χ1) is 16.0. The summed E-state index contributed by atoms with van der Waals surface area (Å²) in [5.74, 6) is -1.27. The Morgan fingerprint density at radius 2 is 1.76 bits per heavy atom. The van der Waals surface area contributed by atoms with Crippen LogP contribution >= 0.6 is 0 Å². The normalized spacial score (nSPS) is 16.2. The number of ether oxygens (including phenoxy) is 2. The van der Waals surface area contributed by atoms with E-state index in [1.165, 1.54) is 5.01 Å². The molecule has 0 aromatic heterocycles. The number of esters is 1. The Kier molecular flexibility index (Phi) is 8.79. The molecule has 0 atom stereocenters. The van der Waals surface area contributed by atoms with Crippen LogP contribution in [-0.4, -0.2) is 78.4 Å². The first-order valence-corrected chi connectivity index (χ1v) is 11.3. The Morgan fingerprint density at radius 1 is 1.03 bits per heavy atom. The lowest BCUT2D eigenvalue weighted by Gasteiger charge is -2.31. The smallest absolute Gasteiger partial charge is 0.409 e. The van der Waals surface area contributed by atoms with Crippen molar-refractivity contribution in [3.8, 4) is 0 Å². The average Bonchev–Trinajstić information content (AvgIpc) is 3.33. The number of likely N-dealkylation sites (tertiary alicyclic amines) is 1. The molecule has 3 rings (SSSR count). The largest absolute Gasteiger partial charge is 0.456 e. The van der Waals surface area contributed by atoms with Crippen LogP contribution in [-0.2, 0) is 23.9 Å². The number of carbonyl (C=O) groups excluding carboxylic acids is 4. The number of nitrogens with one attached hydrogen (secondary N) is 1. The van der Waals surface area contributed by atoms with Crippen molar-refractivity contribution in [1.29, 1.82) is 0 Å². The molecule has 1 saturated heterocycles. The summed E-state index contributed by atoms with van der Waals surface area (Å²) in [5.41, 5.74) is 1.82. The SMILES string of the molecule is CCOC(=O)N1CCC(NC(=O)COC(=O)CCC(=O)N2CCC(c3ccccc3)=N2)CC1. The Hall–Kier alpha value is -3.43. The van der Waals surface area contributed by atoms with Gasteiger partial charge in [0.1, 0.15) is 0 Å². The van der Waals surface area contributed by atoms with E-state index in [1.807, 2.05) is 30.3 Å². The minimum atomic E-state index is -0.609. The average molecular weight is 459 g/mol. The van der Waals surface area contributed by atoms with Crippen LogP contribution in [0, 0.1) is 0 Å². The highest BCUT2D eigenvalue weighted by Gasteiger charge is 2.25. The van der Waals surface area contributed by atoms with E-state index in [9.17, 15) is 19.2 Å². The van der Waals surface area contributed by atoms with Gasteiger partial charge in [-0.2, -0.15) is 5.10 Å². The molecule has 3 amide bonds. The van der Waals surface area contributed by atoms with E-state index in [4.69, 9.17) is 9.47 Å². The molecule has 0 spiro atoms. The van der Waals surface area contributed by atoms with Crippen LogP contribution in [0.25, 0.3) is 0 Å². The Morgan fingerprint density at radius 3 is 2.45 bits per heavy atom. The van der Waals surface area contributed by atoms with Gasteiger partial charge in [-0.15, -0.1) is 0 Å². The van der Waals surface area contributed by atoms with E-state index in [0.29, 0.717) is 45.5 Å². The molecule has 2 heterocycles. The molecule has 178 valence electrons. The van der Waals surface area contributed by atoms with Crippen molar-refractivity contribution in [2.24, 2.45) is 5.10 Å². The number of benzene rings is 1. The van der Waals surface area contributed by atoms with Gasteiger partial charge in [0.25, 0.3) is 5.91 Å². The van der Waals surface area contributed by atoms with Gasteiger partial charge in [0, 0.05) is 32.0 Å². The highest BCUT2D eigenvalue weighted by Crippen LogP contribution is 2.15. The molecule has 1 fully saturated rings. The maximum Gasteiger partial charge on any atom is 0.409 e. The maximum atomic E-state index is 12.3. The maximum absolute atomic E-state index is 12.3. The van der Waals surface area contributed by atoms with E-state index in [2.05, 4.69) is 10.4 Å². The number of rotatable bonds is 8. The third kappa shape index (κ3) is 7.30. The zero-order valence-corrected chi connectivity index (χ0v) is 18.8. The molecule has 1 aromatic carbocycles. The van der Waals surface area contributed by atoms with Crippen LogP contribution in [0.1, 0.15) is 44.6 Å². The predicted molar refractivity (Wildman–Crippen MR) is 119 cm³/mol. The highest BCUT2D eigenvalue weighted by molar-refractivity contribution is 6.02. The predicted octanol–water partition coefficient (Wildman–Crippen LogP) is 1.68. The number of hydrazone groups is 1. The van der Waals surface area contributed by atoms with E-state index in [1.54, 1.807) is 11.8 Å². The molecule has 10 heteroatoms. The lowest BCUT2D eigenvalue weighted by molar-refractivity contribution is -0.150. The van der Waals surface area contributed by atoms with Crippen LogP contribution < -0.4 is 5.32 Å². The van der Waals surface area contributed by atoms with Crippen molar-refractivity contribution in [2.75, 3.05) is 32.8 Å². The van der Waals surface area contributed by atoms with Crippen molar-refractivity contribution < 1.29 is 28.7 Å². The highest BCUT2D eigenvalue weighted by atomic mass is 16.6. The van der Waals surface area contributed by atoms with Gasteiger partial charge < -0.3 is 19.7 Å². The minimum Gasteiger partial charge on any atom is -0.456 e. The summed E-state index contributed by atoms with van der Waals surface area (Å²) >= 11 is 0. The van der Waals surface area contributed by atoms with Gasteiger partial charge >= 0.3 is 12.1 Å². The number of amides is 3. The monoisotopic (exact) mass is 458 g/mol. The van der Waals surface area contributed by atoms with Crippen molar-refractivity contribution in [3.63, 3.8) is 0 Å². The van der Waals surface area contributed by atoms with Crippen molar-refractivity contribution >= 4 is 29.6 Å². The van der Waals surface area contributed by atoms with E-state index in [-0.39, 0.29) is 30.9 Å². The molecule has 0 radical (unpaired) electrons. The summed E-state index contributed by atoms with van der Waals surface area (Å²) in [6.07, 6.45) is 1.39. The third-order valence-electron chi connectivity index (χ3n) is 5.49. The zero-order valence-electron chi connectivity index (χ0n) is 18.8. The quantitative estimate of drug-likeness (QED) is 0.593. The van der Waals surface area contributed by atoms with Crippen LogP contribution in [0.3, 0.4) is 0 Å². The fourth-order valence-electron chi connectivity index (χ4n) is 3.72. The standard InChI is InChI=1S/C23H30N4O6/c1-2-32-23(31)26-13-10-18(11-14-26)24-20(28)16-33-22(30)9-8-21(29)27-15-12-19(25-27)17-6-4-3-5-7-17/h3-7,18H,2,8-16H2,1H3,(H,24,28). The molecular weight excluding hydrogens is 428 g/mol. The van der Waals surface area contributed by atoms with Gasteiger partial charge in [-0.3, -0.25) is 14.4 Å². The van der Waals surface area contributed by atoms with Gasteiger partial charge in [-0.1, -0.05) is 30.3 Å². The Bertz CT molecular complexity index is 880. The molecule has 0 saturated carbocycles. The second kappa shape index (κ2) is 12.0. The van der Waals surface area contributed by atoms with E-state index >= 15 is 0 Å². The lowest BCUT2D eigenvalue weighted by atomic mass is 10.1. The molecule has 10 nitrogen and oxygen atoms in total. The Balaban J connectivity index is 1.31. The summed E-state index contributed by atoms with van der Waals surface area (Å²) in [4.78, 5) is 49.7. The van der Waals surface area contributed by atoms with E-state index < -0.39 is 18.5 Å². The summed E-state index contributed by atoms with van der Waals surface area (Å²) in [5, 5.41) is 8.54. The molecular formula is C23H30N4O6. The molecule has 2 aliphatic heterocycles. The molecule has 0 aliphatic carbocycles. The van der Waals surface area contributed by atoms with Gasteiger partial charge in [-0.25, -0.2) is 9.80 Å². The fourth-order valence-corrected chi connectivity index (χ4v) is 3.72. The fraction of sp³-hybridized carbons (Fsp3) is 0.522. The van der Waals surface area contributed by atoms with Crippen LogP contribution in [0.4, 0.5) is 4.79 Å². The van der Waals surface area contributed by atoms with Crippen LogP contribution in [0.15, 0.2) is 35.4 Å². The van der Waals surface area contributed by atoms with Crippen molar-refractivity contribution in [1.82, 2.24) is 15.2 Å². The van der Waals surface area contributed by atoms with Crippen LogP contribution in [0.2, 0.25) is 0 Å². The zero-order chi connectivity index (χ0) is 23.6. The summed E-state index contributed by atoms with van der Waals surface area (Å²) in [7, 11) is 0. The molecule has 1 aromatic rings. The third-order valence-corrected chi connectivity index (χ3v) is 5.49. The van der Waals surface area contributed by atoms with Gasteiger partial charge in [0.15, 0.2) is 6.61 Å². The number of hydrogen-bond donors (Lipinski definition) is 1. The molecule has 1 N–H and O–H groups in total. The van der Waals surface area contributed by atoms with Gasteiger partial charge in [0.2, 0.25) is 5.91 Å². The second-order valence-corrected chi connectivity index (χ2v) is 7.87. The van der Waals surface area contributed by atoms with Gasteiger partial charge in [-0.05, 0) is 25.3 Å². The van der Waals surface area contributed by atoms with E-state index in [0.717, 1.165) is 11.3 Å². The van der Waals surface area contributed by atoms with Crippen molar-refractivity contribution in [3.05, 3.63) is 35.9 Å². The summed E-state index contributed by atoms with van der Waals surface area (Å²) in [6, 6.07) is 9.55. The topological polar surface area (TPSA) is 118 Å². The summed E-state index contributed by atoms with van der Waals surface area (Å²) in [6.45, 7) is 3.16. The minimum absolute atomic E-state index is 0.0294. The first-order valence-electron chi connectivity index (χ1n) is 11.3. The van der Waals surface area contributed by atoms with Gasteiger partial charge in [0.05, 0.1) is 25.3 Å². The molecule has 2 aliphatic rings. The van der Waals surface area contributed by atoms with Crippen molar-refractivity contribution in [2.45, 2.75) is 45.1 Å². The molecule has 0 unspecified atom stereocenters. The van der Waals surface area contributed by atoms with Crippen LogP contribution in [0.5, 0.6) is 0 Å². The first kappa shape index (κ1) is 24.2. The number of hydrogen-bond acceptors (Lipinski definition) is 7. The lowest BCUT2D eigenvalue weighted by Crippen LogP contribution is -2.47. The number of nitrogens with zero attached hydrogens (tertiary/aromatic N) is 3. The number of carbonyl (C=O) groups is 4. The second-order valence-electron chi connectivity index (χ2n) is 7.87. The Labute approximate surface area is 192 Å². The summed E-state index contributed by atoms with van der Waals surface area (Å²) < 4.78 is 9.97. The number of piperidine rings is 1.